The molecule has 8 heteroatoms. The Kier molecular flexibility index (Phi) is 6.68. The van der Waals surface area contributed by atoms with Crippen LogP contribution >= 0.6 is 11.3 Å². The maximum absolute atomic E-state index is 11.8. The van der Waals surface area contributed by atoms with Crippen LogP contribution in [0.4, 0.5) is 5.13 Å². The summed E-state index contributed by atoms with van der Waals surface area (Å²) < 4.78 is 5.29. The van der Waals surface area contributed by atoms with Crippen molar-refractivity contribution in [3.63, 3.8) is 0 Å². The largest absolute Gasteiger partial charge is 0.484 e. The van der Waals surface area contributed by atoms with Crippen LogP contribution in [0.3, 0.4) is 0 Å². The maximum atomic E-state index is 11.8. The highest BCUT2D eigenvalue weighted by atomic mass is 32.1. The molecule has 1 heterocycles. The predicted octanol–water partition coefficient (Wildman–Crippen LogP) is 1.87. The van der Waals surface area contributed by atoms with Crippen molar-refractivity contribution in [3.8, 4) is 5.75 Å². The second kappa shape index (κ2) is 8.97. The summed E-state index contributed by atoms with van der Waals surface area (Å²) >= 11 is 1.34. The molecular weight excluding hydrogens is 328 g/mol. The second-order valence-corrected chi connectivity index (χ2v) is 6.59. The van der Waals surface area contributed by atoms with Gasteiger partial charge in [-0.2, -0.15) is 0 Å². The van der Waals surface area contributed by atoms with E-state index in [0.717, 1.165) is 11.4 Å². The van der Waals surface area contributed by atoms with E-state index in [-0.39, 0.29) is 25.0 Å². The summed E-state index contributed by atoms with van der Waals surface area (Å²) in [5, 5.41) is 14.3. The van der Waals surface area contributed by atoms with E-state index in [1.165, 1.54) is 11.3 Å². The molecule has 0 atom stereocenters. The number of hydrogen-bond donors (Lipinski definition) is 2. The lowest BCUT2D eigenvalue weighted by Crippen LogP contribution is -2.35. The van der Waals surface area contributed by atoms with Crippen molar-refractivity contribution in [2.45, 2.75) is 20.3 Å². The summed E-state index contributed by atoms with van der Waals surface area (Å²) in [7, 11) is 0. The van der Waals surface area contributed by atoms with E-state index in [0.29, 0.717) is 16.8 Å². The molecule has 0 unspecified atom stereocenters. The number of amides is 2. The summed E-state index contributed by atoms with van der Waals surface area (Å²) in [5.74, 6) is 0.358. The number of para-hydroxylation sites is 1. The zero-order chi connectivity index (χ0) is 17.4. The first-order valence-electron chi connectivity index (χ1n) is 7.59. The Morgan fingerprint density at radius 3 is 2.62 bits per heavy atom. The summed E-state index contributed by atoms with van der Waals surface area (Å²) in [6.45, 7) is 3.89. The molecule has 0 aliphatic heterocycles. The van der Waals surface area contributed by atoms with Crippen LogP contribution in [0.25, 0.3) is 0 Å². The molecule has 24 heavy (non-hydrogen) atoms. The zero-order valence-electron chi connectivity index (χ0n) is 13.6. The highest BCUT2D eigenvalue weighted by Gasteiger charge is 2.10. The van der Waals surface area contributed by atoms with Crippen molar-refractivity contribution < 1.29 is 14.3 Å². The Balaban J connectivity index is 1.68. The monoisotopic (exact) mass is 348 g/mol. The Hall–Kier alpha value is -2.48. The fourth-order valence-electron chi connectivity index (χ4n) is 1.79. The quantitative estimate of drug-likeness (QED) is 0.760. The van der Waals surface area contributed by atoms with Crippen LogP contribution in [0, 0.1) is 5.92 Å². The van der Waals surface area contributed by atoms with Crippen molar-refractivity contribution in [3.05, 3.63) is 35.3 Å². The molecule has 0 radical (unpaired) electrons. The van der Waals surface area contributed by atoms with Gasteiger partial charge in [-0.15, -0.1) is 10.2 Å². The van der Waals surface area contributed by atoms with Crippen molar-refractivity contribution in [1.82, 2.24) is 15.5 Å². The van der Waals surface area contributed by atoms with Crippen LogP contribution in [0.15, 0.2) is 30.3 Å². The molecule has 2 aromatic rings. The van der Waals surface area contributed by atoms with Gasteiger partial charge in [0.05, 0.1) is 6.54 Å². The lowest BCUT2D eigenvalue weighted by Gasteiger charge is -2.07. The predicted molar refractivity (Wildman–Crippen MR) is 92.0 cm³/mol. The van der Waals surface area contributed by atoms with Crippen LogP contribution in [0.2, 0.25) is 0 Å². The van der Waals surface area contributed by atoms with Gasteiger partial charge in [0.25, 0.3) is 5.91 Å². The molecule has 0 spiro atoms. The smallest absolute Gasteiger partial charge is 0.258 e. The van der Waals surface area contributed by atoms with Crippen LogP contribution in [-0.2, 0) is 16.0 Å². The molecule has 2 amide bonds. The van der Waals surface area contributed by atoms with E-state index in [4.69, 9.17) is 4.74 Å². The average molecular weight is 348 g/mol. The molecule has 0 bridgehead atoms. The van der Waals surface area contributed by atoms with Crippen molar-refractivity contribution >= 4 is 28.3 Å². The molecule has 0 fully saturated rings. The molecule has 2 rings (SSSR count). The van der Waals surface area contributed by atoms with Crippen LogP contribution < -0.4 is 15.4 Å². The van der Waals surface area contributed by atoms with E-state index in [1.54, 1.807) is 12.1 Å². The van der Waals surface area contributed by atoms with Gasteiger partial charge in [0.15, 0.2) is 6.61 Å². The number of rotatable bonds is 8. The van der Waals surface area contributed by atoms with Gasteiger partial charge < -0.3 is 10.1 Å². The molecule has 2 N–H and O–H groups in total. The number of ether oxygens (including phenoxy) is 1. The summed E-state index contributed by atoms with van der Waals surface area (Å²) in [5.41, 5.74) is 0. The molecule has 0 aliphatic carbocycles. The number of nitrogens with one attached hydrogen (secondary N) is 2. The summed E-state index contributed by atoms with van der Waals surface area (Å²) in [4.78, 5) is 23.5. The Morgan fingerprint density at radius 1 is 1.17 bits per heavy atom. The van der Waals surface area contributed by atoms with Crippen molar-refractivity contribution in [2.24, 2.45) is 5.92 Å². The minimum absolute atomic E-state index is 0.143. The van der Waals surface area contributed by atoms with Gasteiger partial charge in [-0.1, -0.05) is 43.4 Å². The van der Waals surface area contributed by atoms with Crippen molar-refractivity contribution in [2.75, 3.05) is 18.5 Å². The molecule has 0 aliphatic rings. The molecule has 0 saturated heterocycles. The number of hydrogen-bond acceptors (Lipinski definition) is 6. The van der Waals surface area contributed by atoms with Gasteiger partial charge in [0.1, 0.15) is 10.8 Å². The normalized spacial score (nSPS) is 10.5. The third kappa shape index (κ3) is 6.33. The lowest BCUT2D eigenvalue weighted by molar-refractivity contribution is -0.125. The first-order valence-corrected chi connectivity index (χ1v) is 8.41. The molecular formula is C16H20N4O3S. The number of benzene rings is 1. The molecule has 128 valence electrons. The van der Waals surface area contributed by atoms with E-state index in [2.05, 4.69) is 34.7 Å². The van der Waals surface area contributed by atoms with Crippen LogP contribution in [-0.4, -0.2) is 35.2 Å². The first kappa shape index (κ1) is 17.9. The lowest BCUT2D eigenvalue weighted by atomic mass is 10.1. The summed E-state index contributed by atoms with van der Waals surface area (Å²) in [6.07, 6.45) is 0.821. The van der Waals surface area contributed by atoms with E-state index in [1.807, 2.05) is 18.2 Å². The SMILES string of the molecule is CC(C)Cc1nnc(NC(=O)CNC(=O)COc2ccccc2)s1. The maximum Gasteiger partial charge on any atom is 0.258 e. The van der Waals surface area contributed by atoms with Crippen LogP contribution in [0.5, 0.6) is 5.75 Å². The topological polar surface area (TPSA) is 93.2 Å². The minimum Gasteiger partial charge on any atom is -0.484 e. The third-order valence-corrected chi connectivity index (χ3v) is 3.72. The number of anilines is 1. The highest BCUT2D eigenvalue weighted by molar-refractivity contribution is 7.15. The molecule has 1 aromatic heterocycles. The van der Waals surface area contributed by atoms with Crippen molar-refractivity contribution in [1.29, 1.82) is 0 Å². The third-order valence-electron chi connectivity index (χ3n) is 2.86. The van der Waals surface area contributed by atoms with Gasteiger partial charge in [-0.25, -0.2) is 0 Å². The van der Waals surface area contributed by atoms with Gasteiger partial charge in [0, 0.05) is 6.42 Å². The van der Waals surface area contributed by atoms with Gasteiger partial charge in [-0.3, -0.25) is 14.9 Å². The van der Waals surface area contributed by atoms with E-state index >= 15 is 0 Å². The fourth-order valence-corrected chi connectivity index (χ4v) is 2.76. The highest BCUT2D eigenvalue weighted by Crippen LogP contribution is 2.17. The van der Waals surface area contributed by atoms with Crippen LogP contribution in [0.1, 0.15) is 18.9 Å². The standard InChI is InChI=1S/C16H20N4O3S/c1-11(2)8-15-19-20-16(24-15)18-13(21)9-17-14(22)10-23-12-6-4-3-5-7-12/h3-7,11H,8-10H2,1-2H3,(H,17,22)(H,18,20,21). The van der Waals surface area contributed by atoms with E-state index in [9.17, 15) is 9.59 Å². The Labute approximate surface area is 144 Å². The van der Waals surface area contributed by atoms with Gasteiger partial charge in [0.2, 0.25) is 11.0 Å². The van der Waals surface area contributed by atoms with Gasteiger partial charge >= 0.3 is 0 Å². The first-order chi connectivity index (χ1) is 11.5. The molecule has 7 nitrogen and oxygen atoms in total. The number of aromatic nitrogens is 2. The summed E-state index contributed by atoms with van der Waals surface area (Å²) in [6, 6.07) is 9.00. The zero-order valence-corrected chi connectivity index (χ0v) is 14.4. The fraction of sp³-hybridized carbons (Fsp3) is 0.375. The van der Waals surface area contributed by atoms with Gasteiger partial charge in [-0.05, 0) is 18.1 Å². The molecule has 0 saturated carbocycles. The van der Waals surface area contributed by atoms with E-state index < -0.39 is 0 Å². The minimum atomic E-state index is -0.369. The number of carbonyl (C=O) groups excluding carboxylic acids is 2. The molecule has 1 aromatic carbocycles. The Morgan fingerprint density at radius 2 is 1.92 bits per heavy atom. The second-order valence-electron chi connectivity index (χ2n) is 5.53. The average Bonchev–Trinajstić information content (AvgIpc) is 2.98. The Bertz CT molecular complexity index is 673. The number of carbonyl (C=O) groups is 2. The number of nitrogens with zero attached hydrogens (tertiary/aromatic N) is 2.